The molecule has 1 aromatic carbocycles. The van der Waals surface area contributed by atoms with Crippen molar-refractivity contribution >= 4 is 6.08 Å². The van der Waals surface area contributed by atoms with Crippen LogP contribution < -0.4 is 0 Å². The van der Waals surface area contributed by atoms with E-state index in [1.165, 1.54) is 27.8 Å². The van der Waals surface area contributed by atoms with Crippen molar-refractivity contribution < 1.29 is 0 Å². The molecule has 1 rings (SSSR count). The molecular formula is C19H26. The van der Waals surface area contributed by atoms with Crippen LogP contribution in [-0.2, 0) is 0 Å². The summed E-state index contributed by atoms with van der Waals surface area (Å²) in [5.74, 6) is 0.589. The Hall–Kier alpha value is -1.56. The largest absolute Gasteiger partial charge is 0.0952 e. The van der Waals surface area contributed by atoms with Gasteiger partial charge in [-0.3, -0.25) is 0 Å². The first-order valence-electron chi connectivity index (χ1n) is 7.09. The van der Waals surface area contributed by atoms with Gasteiger partial charge in [0.15, 0.2) is 0 Å². The lowest BCUT2D eigenvalue weighted by atomic mass is 9.98. The molecule has 0 bridgehead atoms. The monoisotopic (exact) mass is 254 g/mol. The molecule has 0 N–H and O–H groups in total. The minimum atomic E-state index is 0.589. The van der Waals surface area contributed by atoms with Gasteiger partial charge >= 0.3 is 0 Å². The van der Waals surface area contributed by atoms with Crippen molar-refractivity contribution in [3.05, 3.63) is 64.8 Å². The fraction of sp³-hybridized carbons (Fsp3) is 0.368. The Morgan fingerprint density at radius 3 is 2.16 bits per heavy atom. The highest BCUT2D eigenvalue weighted by molar-refractivity contribution is 5.57. The summed E-state index contributed by atoms with van der Waals surface area (Å²) in [5, 5.41) is 0. The summed E-state index contributed by atoms with van der Waals surface area (Å²) >= 11 is 0. The van der Waals surface area contributed by atoms with E-state index < -0.39 is 0 Å². The second-order valence-electron chi connectivity index (χ2n) is 5.53. The van der Waals surface area contributed by atoms with Crippen LogP contribution in [0.15, 0.2) is 53.6 Å². The van der Waals surface area contributed by atoms with Gasteiger partial charge in [0.2, 0.25) is 0 Å². The smallest absolute Gasteiger partial charge is 0.0219 e. The Balaban J connectivity index is 2.91. The standard InChI is InChI=1S/C19H26/c1-7-16(6)19(15(4)5)13-10-17-8-11-18(12-9-17)14(2)3/h8-14H,6-7H2,1-5H3/b13-10+. The molecule has 0 heterocycles. The minimum absolute atomic E-state index is 0.589. The van der Waals surface area contributed by atoms with E-state index in [2.05, 4.69) is 77.6 Å². The van der Waals surface area contributed by atoms with E-state index in [-0.39, 0.29) is 0 Å². The average Bonchev–Trinajstić information content (AvgIpc) is 2.38. The van der Waals surface area contributed by atoms with Gasteiger partial charge in [0.05, 0.1) is 0 Å². The van der Waals surface area contributed by atoms with Gasteiger partial charge < -0.3 is 0 Å². The summed E-state index contributed by atoms with van der Waals surface area (Å²) in [6.45, 7) is 15.0. The molecular weight excluding hydrogens is 228 g/mol. The molecule has 0 atom stereocenters. The topological polar surface area (TPSA) is 0 Å². The summed E-state index contributed by atoms with van der Waals surface area (Å²) in [4.78, 5) is 0. The van der Waals surface area contributed by atoms with E-state index in [0.29, 0.717) is 5.92 Å². The molecule has 0 amide bonds. The van der Waals surface area contributed by atoms with Gasteiger partial charge in [0.1, 0.15) is 0 Å². The van der Waals surface area contributed by atoms with Crippen molar-refractivity contribution in [3.8, 4) is 0 Å². The molecule has 0 aliphatic rings. The first-order valence-corrected chi connectivity index (χ1v) is 7.09. The first-order chi connectivity index (χ1) is 8.95. The Morgan fingerprint density at radius 1 is 1.16 bits per heavy atom. The van der Waals surface area contributed by atoms with Crippen molar-refractivity contribution in [1.29, 1.82) is 0 Å². The molecule has 0 aliphatic carbocycles. The van der Waals surface area contributed by atoms with Crippen LogP contribution in [0.5, 0.6) is 0 Å². The molecule has 0 nitrogen and oxygen atoms in total. The third-order valence-corrected chi connectivity index (χ3v) is 3.39. The number of benzene rings is 1. The van der Waals surface area contributed by atoms with Gasteiger partial charge in [-0.25, -0.2) is 0 Å². The van der Waals surface area contributed by atoms with Gasteiger partial charge in [-0.05, 0) is 48.5 Å². The summed E-state index contributed by atoms with van der Waals surface area (Å²) in [6.07, 6.45) is 5.36. The predicted octanol–water partition coefficient (Wildman–Crippen LogP) is 6.13. The molecule has 1 aromatic rings. The third-order valence-electron chi connectivity index (χ3n) is 3.39. The van der Waals surface area contributed by atoms with Crippen LogP contribution in [0.3, 0.4) is 0 Å². The van der Waals surface area contributed by atoms with E-state index >= 15 is 0 Å². The minimum Gasteiger partial charge on any atom is -0.0952 e. The molecule has 102 valence electrons. The Labute approximate surface area is 118 Å². The maximum atomic E-state index is 4.14. The van der Waals surface area contributed by atoms with E-state index in [9.17, 15) is 0 Å². The fourth-order valence-corrected chi connectivity index (χ4v) is 2.00. The van der Waals surface area contributed by atoms with Gasteiger partial charge in [0.25, 0.3) is 0 Å². The summed E-state index contributed by atoms with van der Waals surface area (Å²) < 4.78 is 0. The maximum Gasteiger partial charge on any atom is -0.0219 e. The Bertz CT molecular complexity index is 477. The molecule has 0 saturated heterocycles. The quantitative estimate of drug-likeness (QED) is 0.555. The van der Waals surface area contributed by atoms with Crippen LogP contribution in [0.25, 0.3) is 6.08 Å². The zero-order valence-corrected chi connectivity index (χ0v) is 13.0. The van der Waals surface area contributed by atoms with Crippen LogP contribution in [0.1, 0.15) is 58.1 Å². The Kier molecular flexibility index (Phi) is 5.82. The van der Waals surface area contributed by atoms with Crippen LogP contribution in [-0.4, -0.2) is 0 Å². The lowest BCUT2D eigenvalue weighted by molar-refractivity contribution is 0.866. The number of allylic oxidation sites excluding steroid dienone is 4. The molecule has 0 radical (unpaired) electrons. The highest BCUT2D eigenvalue weighted by Crippen LogP contribution is 2.20. The van der Waals surface area contributed by atoms with E-state index in [1.807, 2.05) is 0 Å². The zero-order chi connectivity index (χ0) is 14.4. The predicted molar refractivity (Wildman–Crippen MR) is 87.4 cm³/mol. The number of hydrogen-bond acceptors (Lipinski definition) is 0. The van der Waals surface area contributed by atoms with Crippen molar-refractivity contribution in [1.82, 2.24) is 0 Å². The molecule has 19 heavy (non-hydrogen) atoms. The summed E-state index contributed by atoms with van der Waals surface area (Å²) in [6, 6.07) is 8.79. The van der Waals surface area contributed by atoms with Crippen molar-refractivity contribution in [2.45, 2.75) is 47.0 Å². The van der Waals surface area contributed by atoms with E-state index in [0.717, 1.165) is 6.42 Å². The normalized spacial score (nSPS) is 11.1. The summed E-state index contributed by atoms with van der Waals surface area (Å²) in [7, 11) is 0. The molecule has 0 unspecified atom stereocenters. The van der Waals surface area contributed by atoms with Gasteiger partial charge in [-0.2, -0.15) is 0 Å². The molecule has 0 spiro atoms. The fourth-order valence-electron chi connectivity index (χ4n) is 2.00. The first kappa shape index (κ1) is 15.5. The molecule has 0 saturated carbocycles. The van der Waals surface area contributed by atoms with Crippen LogP contribution >= 0.6 is 0 Å². The Morgan fingerprint density at radius 2 is 1.74 bits per heavy atom. The lowest BCUT2D eigenvalue weighted by Gasteiger charge is -2.07. The zero-order valence-electron chi connectivity index (χ0n) is 13.0. The van der Waals surface area contributed by atoms with E-state index in [1.54, 1.807) is 0 Å². The van der Waals surface area contributed by atoms with Gasteiger partial charge in [-0.1, -0.05) is 69.3 Å². The van der Waals surface area contributed by atoms with Crippen LogP contribution in [0.4, 0.5) is 0 Å². The van der Waals surface area contributed by atoms with Crippen LogP contribution in [0, 0.1) is 0 Å². The van der Waals surface area contributed by atoms with Crippen molar-refractivity contribution in [2.75, 3.05) is 0 Å². The SMILES string of the molecule is C=C(CC)C(/C=C/c1ccc(C(C)C)cc1)=C(C)C. The van der Waals surface area contributed by atoms with Crippen molar-refractivity contribution in [3.63, 3.8) is 0 Å². The molecule has 0 aliphatic heterocycles. The average molecular weight is 254 g/mol. The molecule has 0 heteroatoms. The second-order valence-corrected chi connectivity index (χ2v) is 5.53. The van der Waals surface area contributed by atoms with Gasteiger partial charge in [-0.15, -0.1) is 0 Å². The number of hydrogen-bond donors (Lipinski definition) is 0. The van der Waals surface area contributed by atoms with Crippen LogP contribution in [0.2, 0.25) is 0 Å². The molecule has 0 aromatic heterocycles. The highest BCUT2D eigenvalue weighted by Gasteiger charge is 2.00. The van der Waals surface area contributed by atoms with Crippen molar-refractivity contribution in [2.24, 2.45) is 0 Å². The number of rotatable bonds is 5. The lowest BCUT2D eigenvalue weighted by Crippen LogP contribution is -1.88. The van der Waals surface area contributed by atoms with Gasteiger partial charge in [0, 0.05) is 0 Å². The molecule has 0 fully saturated rings. The maximum absolute atomic E-state index is 4.14. The second kappa shape index (κ2) is 7.13. The summed E-state index contributed by atoms with van der Waals surface area (Å²) in [5.41, 5.74) is 6.43. The van der Waals surface area contributed by atoms with E-state index in [4.69, 9.17) is 0 Å². The third kappa shape index (κ3) is 4.55. The highest BCUT2D eigenvalue weighted by atomic mass is 14.1.